The monoisotopic (exact) mass is 450 g/mol. The van der Waals surface area contributed by atoms with Gasteiger partial charge in [-0.1, -0.05) is 12.1 Å². The fourth-order valence-electron chi connectivity index (χ4n) is 2.59. The van der Waals surface area contributed by atoms with E-state index in [2.05, 4.69) is 34.4 Å². The van der Waals surface area contributed by atoms with Crippen LogP contribution in [0.15, 0.2) is 29.3 Å². The third kappa shape index (κ3) is 6.52. The van der Waals surface area contributed by atoms with E-state index >= 15 is 0 Å². The first-order chi connectivity index (χ1) is 11.0. The number of guanidine groups is 1. The van der Waals surface area contributed by atoms with E-state index in [0.29, 0.717) is 6.54 Å². The topological polar surface area (TPSA) is 48.9 Å². The number of aliphatic imine (C=N–C) groups is 1. The molecule has 0 saturated carbocycles. The first kappa shape index (κ1) is 21.1. The van der Waals surface area contributed by atoms with Crippen LogP contribution in [0.3, 0.4) is 0 Å². The van der Waals surface area contributed by atoms with Crippen LogP contribution in [0.25, 0.3) is 0 Å². The predicted octanol–water partition coefficient (Wildman–Crippen LogP) is 2.22. The Balaban J connectivity index is 0.00000288. The van der Waals surface area contributed by atoms with Crippen LogP contribution < -0.4 is 10.6 Å². The van der Waals surface area contributed by atoms with Crippen molar-refractivity contribution in [3.8, 4) is 0 Å². The molecule has 0 atom stereocenters. The molecule has 1 heterocycles. The zero-order chi connectivity index (χ0) is 16.7. The lowest BCUT2D eigenvalue weighted by Crippen LogP contribution is -2.56. The summed E-state index contributed by atoms with van der Waals surface area (Å²) < 4.78 is 18.3. The highest BCUT2D eigenvalue weighted by Crippen LogP contribution is 2.15. The van der Waals surface area contributed by atoms with E-state index in [0.717, 1.165) is 44.4 Å². The van der Waals surface area contributed by atoms with Crippen molar-refractivity contribution in [1.29, 1.82) is 0 Å². The minimum Gasteiger partial charge on any atom is -0.379 e. The maximum Gasteiger partial charge on any atom is 0.191 e. The second-order valence-corrected chi connectivity index (χ2v) is 6.32. The van der Waals surface area contributed by atoms with Gasteiger partial charge >= 0.3 is 0 Å². The third-order valence-corrected chi connectivity index (χ3v) is 4.15. The van der Waals surface area contributed by atoms with Gasteiger partial charge in [-0.05, 0) is 31.5 Å². The van der Waals surface area contributed by atoms with E-state index in [-0.39, 0.29) is 35.3 Å². The zero-order valence-corrected chi connectivity index (χ0v) is 17.0. The molecule has 1 aliphatic rings. The van der Waals surface area contributed by atoms with Crippen LogP contribution in [0.5, 0.6) is 0 Å². The molecule has 0 aliphatic carbocycles. The molecule has 1 aliphatic heterocycles. The van der Waals surface area contributed by atoms with Gasteiger partial charge < -0.3 is 15.4 Å². The van der Waals surface area contributed by atoms with E-state index in [1.807, 2.05) is 0 Å². The third-order valence-electron chi connectivity index (χ3n) is 4.15. The summed E-state index contributed by atoms with van der Waals surface area (Å²) in [5, 5.41) is 6.62. The molecule has 0 radical (unpaired) electrons. The van der Waals surface area contributed by atoms with Crippen molar-refractivity contribution in [2.45, 2.75) is 25.9 Å². The summed E-state index contributed by atoms with van der Waals surface area (Å²) in [4.78, 5) is 6.67. The van der Waals surface area contributed by atoms with Crippen LogP contribution in [0.4, 0.5) is 4.39 Å². The Morgan fingerprint density at radius 2 is 1.83 bits per heavy atom. The maximum absolute atomic E-state index is 12.9. The van der Waals surface area contributed by atoms with Gasteiger partial charge in [-0.2, -0.15) is 0 Å². The van der Waals surface area contributed by atoms with E-state index < -0.39 is 0 Å². The van der Waals surface area contributed by atoms with Gasteiger partial charge in [0.2, 0.25) is 0 Å². The molecular formula is C17H28FIN4O. The fraction of sp³-hybridized carbons (Fsp3) is 0.588. The van der Waals surface area contributed by atoms with Crippen molar-refractivity contribution in [3.05, 3.63) is 35.6 Å². The van der Waals surface area contributed by atoms with E-state index in [1.165, 1.54) is 12.1 Å². The van der Waals surface area contributed by atoms with Crippen molar-refractivity contribution in [3.63, 3.8) is 0 Å². The van der Waals surface area contributed by atoms with E-state index in [4.69, 9.17) is 4.74 Å². The van der Waals surface area contributed by atoms with Crippen LogP contribution >= 0.6 is 24.0 Å². The Kier molecular flexibility index (Phi) is 8.93. The number of halogens is 2. The zero-order valence-electron chi connectivity index (χ0n) is 14.6. The van der Waals surface area contributed by atoms with Gasteiger partial charge in [0.05, 0.1) is 13.2 Å². The van der Waals surface area contributed by atoms with E-state index in [1.54, 1.807) is 19.2 Å². The van der Waals surface area contributed by atoms with Gasteiger partial charge in [-0.25, -0.2) is 4.39 Å². The number of hydrogen-bond acceptors (Lipinski definition) is 3. The maximum atomic E-state index is 12.9. The molecule has 2 rings (SSSR count). The average Bonchev–Trinajstić information content (AvgIpc) is 2.57. The Morgan fingerprint density at radius 1 is 1.21 bits per heavy atom. The smallest absolute Gasteiger partial charge is 0.191 e. The second-order valence-electron chi connectivity index (χ2n) is 6.32. The molecule has 136 valence electrons. The van der Waals surface area contributed by atoms with Crippen LogP contribution in [0, 0.1) is 5.82 Å². The average molecular weight is 450 g/mol. The van der Waals surface area contributed by atoms with Crippen molar-refractivity contribution < 1.29 is 9.13 Å². The Bertz CT molecular complexity index is 516. The normalized spacial score (nSPS) is 16.4. The first-order valence-electron chi connectivity index (χ1n) is 8.03. The Morgan fingerprint density at radius 3 is 2.42 bits per heavy atom. The van der Waals surface area contributed by atoms with Crippen molar-refractivity contribution >= 4 is 29.9 Å². The standard InChI is InChI=1S/C17H27FN4O.HI/c1-17(2,22-8-10-23-11-9-22)13-21-16(19-3)20-12-14-4-6-15(18)7-5-14;/h4-7H,8-13H2,1-3H3,(H2,19,20,21);1H. The summed E-state index contributed by atoms with van der Waals surface area (Å²) in [7, 11) is 1.75. The first-order valence-corrected chi connectivity index (χ1v) is 8.03. The number of rotatable bonds is 5. The van der Waals surface area contributed by atoms with Crippen LogP contribution in [0.1, 0.15) is 19.4 Å². The molecule has 0 amide bonds. The number of nitrogens with one attached hydrogen (secondary N) is 2. The van der Waals surface area contributed by atoms with Crippen LogP contribution in [-0.2, 0) is 11.3 Å². The number of hydrogen-bond donors (Lipinski definition) is 2. The summed E-state index contributed by atoms with van der Waals surface area (Å²) in [6.45, 7) is 9.33. The molecule has 0 bridgehead atoms. The molecule has 1 fully saturated rings. The Labute approximate surface area is 161 Å². The molecule has 1 aromatic carbocycles. The number of benzene rings is 1. The largest absolute Gasteiger partial charge is 0.379 e. The van der Waals surface area contributed by atoms with Gasteiger partial charge in [0.25, 0.3) is 0 Å². The molecule has 0 aromatic heterocycles. The molecule has 0 unspecified atom stereocenters. The fourth-order valence-corrected chi connectivity index (χ4v) is 2.59. The van der Waals surface area contributed by atoms with E-state index in [9.17, 15) is 4.39 Å². The highest BCUT2D eigenvalue weighted by molar-refractivity contribution is 14.0. The van der Waals surface area contributed by atoms with Crippen LogP contribution in [0.2, 0.25) is 0 Å². The summed E-state index contributed by atoms with van der Waals surface area (Å²) in [5.74, 6) is 0.527. The highest BCUT2D eigenvalue weighted by Gasteiger charge is 2.28. The van der Waals surface area contributed by atoms with Gasteiger partial charge in [0.1, 0.15) is 5.82 Å². The summed E-state index contributed by atoms with van der Waals surface area (Å²) in [6.07, 6.45) is 0. The predicted molar refractivity (Wildman–Crippen MR) is 106 cm³/mol. The molecule has 1 aromatic rings. The molecule has 2 N–H and O–H groups in total. The second kappa shape index (κ2) is 10.1. The van der Waals surface area contributed by atoms with Gasteiger partial charge in [-0.15, -0.1) is 24.0 Å². The number of ether oxygens (including phenoxy) is 1. The molecular weight excluding hydrogens is 422 g/mol. The Hall–Kier alpha value is -0.930. The molecule has 24 heavy (non-hydrogen) atoms. The quantitative estimate of drug-likeness (QED) is 0.411. The SMILES string of the molecule is CN=C(NCc1ccc(F)cc1)NCC(C)(C)N1CCOCC1.I. The molecule has 5 nitrogen and oxygen atoms in total. The van der Waals surface area contributed by atoms with Gasteiger partial charge in [-0.3, -0.25) is 9.89 Å². The van der Waals surface area contributed by atoms with Gasteiger partial charge in [0, 0.05) is 38.8 Å². The highest BCUT2D eigenvalue weighted by atomic mass is 127. The lowest BCUT2D eigenvalue weighted by molar-refractivity contribution is -0.00834. The van der Waals surface area contributed by atoms with Crippen LogP contribution in [-0.4, -0.2) is 56.3 Å². The molecule has 0 spiro atoms. The van der Waals surface area contributed by atoms with Crippen molar-refractivity contribution in [2.75, 3.05) is 39.9 Å². The molecule has 7 heteroatoms. The summed E-state index contributed by atoms with van der Waals surface area (Å²) in [6, 6.07) is 6.48. The minimum absolute atomic E-state index is 0. The molecule has 1 saturated heterocycles. The van der Waals surface area contributed by atoms with Gasteiger partial charge in [0.15, 0.2) is 5.96 Å². The lowest BCUT2D eigenvalue weighted by Gasteiger charge is -2.41. The summed E-state index contributed by atoms with van der Waals surface area (Å²) in [5.41, 5.74) is 1.04. The lowest BCUT2D eigenvalue weighted by atomic mass is 10.0. The number of nitrogens with zero attached hydrogens (tertiary/aromatic N) is 2. The minimum atomic E-state index is -0.219. The summed E-state index contributed by atoms with van der Waals surface area (Å²) >= 11 is 0. The number of morpholine rings is 1. The van der Waals surface area contributed by atoms with Crippen molar-refractivity contribution in [2.24, 2.45) is 4.99 Å². The van der Waals surface area contributed by atoms with Crippen molar-refractivity contribution in [1.82, 2.24) is 15.5 Å².